The van der Waals surface area contributed by atoms with E-state index in [0.29, 0.717) is 16.5 Å². The van der Waals surface area contributed by atoms with Crippen LogP contribution in [0.1, 0.15) is 5.69 Å². The van der Waals surface area contributed by atoms with Crippen LogP contribution < -0.4 is 16.0 Å². The predicted octanol–water partition coefficient (Wildman–Crippen LogP) is 3.15. The summed E-state index contributed by atoms with van der Waals surface area (Å²) in [5.74, 6) is 6.63. The van der Waals surface area contributed by atoms with Gasteiger partial charge in [0.25, 0.3) is 0 Å². The summed E-state index contributed by atoms with van der Waals surface area (Å²) in [6, 6.07) is 13.0. The zero-order valence-electron chi connectivity index (χ0n) is 11.1. The second-order valence-electron chi connectivity index (χ2n) is 4.38. The Balaban J connectivity index is 1.87. The topological polar surface area (TPSA) is 73.1 Å². The summed E-state index contributed by atoms with van der Waals surface area (Å²) >= 11 is 6.11. The molecule has 2 aromatic heterocycles. The van der Waals surface area contributed by atoms with Crippen LogP contribution in [0.3, 0.4) is 0 Å². The number of nitrogens with one attached hydrogen (secondary N) is 1. The maximum absolute atomic E-state index is 6.11. The Hall–Kier alpha value is -2.37. The number of pyridine rings is 2. The molecule has 0 fully saturated rings. The Morgan fingerprint density at radius 1 is 1.14 bits per heavy atom. The Morgan fingerprint density at radius 3 is 2.90 bits per heavy atom. The van der Waals surface area contributed by atoms with Crippen LogP contribution in [0.25, 0.3) is 10.9 Å². The van der Waals surface area contributed by atoms with Crippen molar-refractivity contribution in [1.29, 1.82) is 0 Å². The van der Waals surface area contributed by atoms with Gasteiger partial charge in [-0.15, -0.1) is 0 Å². The summed E-state index contributed by atoms with van der Waals surface area (Å²) in [4.78, 5) is 8.57. The lowest BCUT2D eigenvalue weighted by molar-refractivity contribution is 0.305. The summed E-state index contributed by atoms with van der Waals surface area (Å²) in [6.07, 6.45) is 1.75. The molecular formula is C15H13ClN4O. The molecule has 0 radical (unpaired) electrons. The second-order valence-corrected chi connectivity index (χ2v) is 4.79. The van der Waals surface area contributed by atoms with Crippen molar-refractivity contribution in [3.63, 3.8) is 0 Å². The fourth-order valence-corrected chi connectivity index (χ4v) is 2.17. The van der Waals surface area contributed by atoms with Crippen molar-refractivity contribution >= 4 is 28.3 Å². The van der Waals surface area contributed by atoms with Gasteiger partial charge in [0.1, 0.15) is 18.2 Å². The summed E-state index contributed by atoms with van der Waals surface area (Å²) < 4.78 is 5.83. The first-order valence-corrected chi connectivity index (χ1v) is 6.74. The predicted molar refractivity (Wildman–Crippen MR) is 83.1 cm³/mol. The van der Waals surface area contributed by atoms with Crippen LogP contribution in [0, 0.1) is 0 Å². The smallest absolute Gasteiger partial charge is 0.140 e. The minimum Gasteiger partial charge on any atom is -0.487 e. The molecule has 0 spiro atoms. The molecule has 21 heavy (non-hydrogen) atoms. The highest BCUT2D eigenvalue weighted by molar-refractivity contribution is 6.31. The van der Waals surface area contributed by atoms with Crippen LogP contribution in [0.15, 0.2) is 48.7 Å². The maximum Gasteiger partial charge on any atom is 0.140 e. The molecule has 0 aliphatic carbocycles. The molecule has 1 aromatic carbocycles. The number of hydrazine groups is 1. The third-order valence-electron chi connectivity index (χ3n) is 3.04. The first kappa shape index (κ1) is 13.6. The van der Waals surface area contributed by atoms with Crippen molar-refractivity contribution in [3.05, 3.63) is 59.4 Å². The lowest BCUT2D eigenvalue weighted by Crippen LogP contribution is -2.10. The van der Waals surface area contributed by atoms with Crippen molar-refractivity contribution in [3.8, 4) is 5.75 Å². The Kier molecular flexibility index (Phi) is 3.85. The van der Waals surface area contributed by atoms with Crippen LogP contribution in [0.5, 0.6) is 5.75 Å². The van der Waals surface area contributed by atoms with Gasteiger partial charge in [-0.3, -0.25) is 4.98 Å². The number of anilines is 1. The molecule has 3 rings (SSSR count). The quantitative estimate of drug-likeness (QED) is 0.572. The SMILES string of the molecule is NNc1ccc(Cl)c(COc2cccc3ncccc23)n1. The number of fused-ring (bicyclic) bond motifs is 1. The zero-order valence-corrected chi connectivity index (χ0v) is 11.8. The summed E-state index contributed by atoms with van der Waals surface area (Å²) in [7, 11) is 0. The van der Waals surface area contributed by atoms with Crippen LogP contribution in [0.2, 0.25) is 5.02 Å². The van der Waals surface area contributed by atoms with E-state index in [1.54, 1.807) is 18.3 Å². The molecular weight excluding hydrogens is 288 g/mol. The Morgan fingerprint density at radius 2 is 2.05 bits per heavy atom. The number of hydrogen-bond acceptors (Lipinski definition) is 5. The molecule has 0 bridgehead atoms. The van der Waals surface area contributed by atoms with E-state index in [2.05, 4.69) is 15.4 Å². The fourth-order valence-electron chi connectivity index (χ4n) is 2.01. The minimum absolute atomic E-state index is 0.252. The molecule has 0 unspecified atom stereocenters. The Labute approximate surface area is 126 Å². The number of aromatic nitrogens is 2. The molecule has 3 N–H and O–H groups in total. The van der Waals surface area contributed by atoms with Gasteiger partial charge < -0.3 is 10.2 Å². The molecule has 0 atom stereocenters. The highest BCUT2D eigenvalue weighted by Gasteiger charge is 2.07. The number of nitrogen functional groups attached to an aromatic ring is 1. The molecule has 0 saturated carbocycles. The van der Waals surface area contributed by atoms with E-state index in [1.165, 1.54) is 0 Å². The standard InChI is InChI=1S/C15H13ClN4O/c16-11-6-7-15(20-17)19-13(11)9-21-14-5-1-4-12-10(14)3-2-8-18-12/h1-8H,9,17H2,(H,19,20). The molecule has 5 nitrogen and oxygen atoms in total. The molecule has 0 aliphatic rings. The van der Waals surface area contributed by atoms with Gasteiger partial charge in [-0.25, -0.2) is 10.8 Å². The third-order valence-corrected chi connectivity index (χ3v) is 3.38. The number of nitrogens with two attached hydrogens (primary N) is 1. The van der Waals surface area contributed by atoms with E-state index in [-0.39, 0.29) is 6.61 Å². The lowest BCUT2D eigenvalue weighted by Gasteiger charge is -2.10. The summed E-state index contributed by atoms with van der Waals surface area (Å²) in [6.45, 7) is 0.252. The van der Waals surface area contributed by atoms with Crippen molar-refractivity contribution < 1.29 is 4.74 Å². The molecule has 3 aromatic rings. The average molecular weight is 301 g/mol. The first-order chi connectivity index (χ1) is 10.3. The fraction of sp³-hybridized carbons (Fsp3) is 0.0667. The highest BCUT2D eigenvalue weighted by atomic mass is 35.5. The number of nitrogens with zero attached hydrogens (tertiary/aromatic N) is 2. The van der Waals surface area contributed by atoms with Crippen molar-refractivity contribution in [2.24, 2.45) is 5.84 Å². The molecule has 2 heterocycles. The molecule has 0 aliphatic heterocycles. The van der Waals surface area contributed by atoms with Gasteiger partial charge in [0.05, 0.1) is 16.2 Å². The van der Waals surface area contributed by atoms with E-state index in [4.69, 9.17) is 22.2 Å². The normalized spacial score (nSPS) is 10.6. The molecule has 106 valence electrons. The maximum atomic E-state index is 6.11. The van der Waals surface area contributed by atoms with E-state index in [9.17, 15) is 0 Å². The lowest BCUT2D eigenvalue weighted by atomic mass is 10.2. The number of rotatable bonds is 4. The van der Waals surface area contributed by atoms with Crippen LogP contribution in [-0.4, -0.2) is 9.97 Å². The van der Waals surface area contributed by atoms with E-state index >= 15 is 0 Å². The number of halogens is 1. The van der Waals surface area contributed by atoms with Crippen molar-refractivity contribution in [2.75, 3.05) is 5.43 Å². The summed E-state index contributed by atoms with van der Waals surface area (Å²) in [5, 5.41) is 1.48. The average Bonchev–Trinajstić information content (AvgIpc) is 2.54. The molecule has 0 amide bonds. The number of ether oxygens (including phenoxy) is 1. The largest absolute Gasteiger partial charge is 0.487 e. The van der Waals surface area contributed by atoms with Crippen molar-refractivity contribution in [1.82, 2.24) is 9.97 Å². The monoisotopic (exact) mass is 300 g/mol. The highest BCUT2D eigenvalue weighted by Crippen LogP contribution is 2.25. The van der Waals surface area contributed by atoms with Gasteiger partial charge in [0.2, 0.25) is 0 Å². The summed E-state index contributed by atoms with van der Waals surface area (Å²) in [5.41, 5.74) is 3.99. The molecule has 6 heteroatoms. The van der Waals surface area contributed by atoms with E-state index in [1.807, 2.05) is 30.3 Å². The van der Waals surface area contributed by atoms with Gasteiger partial charge >= 0.3 is 0 Å². The van der Waals surface area contributed by atoms with Crippen LogP contribution in [-0.2, 0) is 6.61 Å². The van der Waals surface area contributed by atoms with Crippen LogP contribution >= 0.6 is 11.6 Å². The van der Waals surface area contributed by atoms with E-state index in [0.717, 1.165) is 16.7 Å². The minimum atomic E-state index is 0.252. The van der Waals surface area contributed by atoms with Crippen LogP contribution in [0.4, 0.5) is 5.82 Å². The second kappa shape index (κ2) is 5.95. The van der Waals surface area contributed by atoms with Gasteiger partial charge in [-0.05, 0) is 36.4 Å². The van der Waals surface area contributed by atoms with Gasteiger partial charge in [0.15, 0.2) is 0 Å². The molecule has 0 saturated heterocycles. The first-order valence-electron chi connectivity index (χ1n) is 6.36. The zero-order chi connectivity index (χ0) is 14.7. The number of benzene rings is 1. The van der Waals surface area contributed by atoms with Gasteiger partial charge in [-0.2, -0.15) is 0 Å². The third kappa shape index (κ3) is 2.89. The Bertz CT molecular complexity index is 773. The van der Waals surface area contributed by atoms with Crippen molar-refractivity contribution in [2.45, 2.75) is 6.61 Å². The van der Waals surface area contributed by atoms with Gasteiger partial charge in [-0.1, -0.05) is 17.7 Å². The van der Waals surface area contributed by atoms with Gasteiger partial charge in [0, 0.05) is 11.6 Å². The van der Waals surface area contributed by atoms with E-state index < -0.39 is 0 Å². The number of hydrogen-bond donors (Lipinski definition) is 2.